The van der Waals surface area contributed by atoms with Crippen LogP contribution in [0.2, 0.25) is 0 Å². The zero-order chi connectivity index (χ0) is 13.1. The zero-order valence-electron chi connectivity index (χ0n) is 10.8. The van der Waals surface area contributed by atoms with Gasteiger partial charge < -0.3 is 5.73 Å². The van der Waals surface area contributed by atoms with Crippen molar-refractivity contribution in [3.05, 3.63) is 45.7 Å². The molecule has 1 heterocycles. The molecule has 0 saturated carbocycles. The number of hydrogen-bond donors (Lipinski definition) is 1. The third-order valence-electron chi connectivity index (χ3n) is 3.05. The van der Waals surface area contributed by atoms with Crippen LogP contribution < -0.4 is 5.73 Å². The Morgan fingerprint density at radius 2 is 2.00 bits per heavy atom. The molecule has 1 aromatic carbocycles. The van der Waals surface area contributed by atoms with Crippen LogP contribution in [0.5, 0.6) is 0 Å². The lowest BCUT2D eigenvalue weighted by atomic mass is 10.1. The van der Waals surface area contributed by atoms with Crippen LogP contribution >= 0.6 is 15.9 Å². The second-order valence-corrected chi connectivity index (χ2v) is 5.14. The molecule has 3 nitrogen and oxygen atoms in total. The highest BCUT2D eigenvalue weighted by Gasteiger charge is 2.11. The minimum atomic E-state index is 0.521. The third kappa shape index (κ3) is 2.49. The number of rotatable bonds is 4. The molecule has 0 fully saturated rings. The van der Waals surface area contributed by atoms with E-state index in [0.717, 1.165) is 34.3 Å². The maximum Gasteiger partial charge on any atom is 0.0704 e. The monoisotopic (exact) mass is 307 g/mol. The van der Waals surface area contributed by atoms with E-state index in [4.69, 9.17) is 5.73 Å². The van der Waals surface area contributed by atoms with Gasteiger partial charge >= 0.3 is 0 Å². The number of hydrogen-bond acceptors (Lipinski definition) is 2. The standard InChI is InChI=1S/C14H18BrN3/c1-3-12-8-13(4-2)18(17-12)14-7-11(15)6-5-10(14)9-16/h5-8H,3-4,9,16H2,1-2H3. The normalized spacial score (nSPS) is 10.9. The van der Waals surface area contributed by atoms with Gasteiger partial charge in [-0.25, -0.2) is 4.68 Å². The van der Waals surface area contributed by atoms with E-state index in [1.165, 1.54) is 5.69 Å². The van der Waals surface area contributed by atoms with Crippen LogP contribution in [0.4, 0.5) is 0 Å². The van der Waals surface area contributed by atoms with Crippen LogP contribution in [0, 0.1) is 0 Å². The summed E-state index contributed by atoms with van der Waals surface area (Å²) >= 11 is 3.51. The fourth-order valence-electron chi connectivity index (χ4n) is 2.01. The van der Waals surface area contributed by atoms with Crippen LogP contribution in [-0.4, -0.2) is 9.78 Å². The molecule has 0 aliphatic heterocycles. The Morgan fingerprint density at radius 3 is 2.61 bits per heavy atom. The number of nitrogens with zero attached hydrogens (tertiary/aromatic N) is 2. The molecule has 0 aliphatic rings. The van der Waals surface area contributed by atoms with Gasteiger partial charge in [0, 0.05) is 16.7 Å². The highest BCUT2D eigenvalue weighted by atomic mass is 79.9. The van der Waals surface area contributed by atoms with Crippen molar-refractivity contribution in [2.24, 2.45) is 5.73 Å². The minimum absolute atomic E-state index is 0.521. The van der Waals surface area contributed by atoms with Crippen molar-refractivity contribution in [1.82, 2.24) is 9.78 Å². The summed E-state index contributed by atoms with van der Waals surface area (Å²) in [6, 6.07) is 8.31. The molecular weight excluding hydrogens is 290 g/mol. The summed E-state index contributed by atoms with van der Waals surface area (Å²) in [6.45, 7) is 4.79. The Balaban J connectivity index is 2.59. The first-order chi connectivity index (χ1) is 8.69. The van der Waals surface area contributed by atoms with Crippen LogP contribution in [0.25, 0.3) is 5.69 Å². The Morgan fingerprint density at radius 1 is 1.22 bits per heavy atom. The Kier molecular flexibility index (Phi) is 4.19. The number of halogens is 1. The summed E-state index contributed by atoms with van der Waals surface area (Å²) in [5, 5.41) is 4.66. The molecular formula is C14H18BrN3. The molecule has 0 unspecified atom stereocenters. The molecule has 0 aliphatic carbocycles. The maximum absolute atomic E-state index is 5.81. The average molecular weight is 308 g/mol. The summed E-state index contributed by atoms with van der Waals surface area (Å²) in [6.07, 6.45) is 1.91. The topological polar surface area (TPSA) is 43.8 Å². The van der Waals surface area contributed by atoms with Crippen LogP contribution in [0.15, 0.2) is 28.7 Å². The van der Waals surface area contributed by atoms with Gasteiger partial charge in [0.05, 0.1) is 11.4 Å². The summed E-state index contributed by atoms with van der Waals surface area (Å²) in [5.74, 6) is 0. The molecule has 2 rings (SSSR count). The molecule has 0 atom stereocenters. The highest BCUT2D eigenvalue weighted by molar-refractivity contribution is 9.10. The van der Waals surface area contributed by atoms with Crippen molar-refractivity contribution in [3.8, 4) is 5.69 Å². The van der Waals surface area contributed by atoms with Crippen LogP contribution in [0.3, 0.4) is 0 Å². The van der Waals surface area contributed by atoms with Gasteiger partial charge in [0.1, 0.15) is 0 Å². The largest absolute Gasteiger partial charge is 0.326 e. The lowest BCUT2D eigenvalue weighted by Crippen LogP contribution is -2.08. The van der Waals surface area contributed by atoms with Gasteiger partial charge in [-0.1, -0.05) is 35.8 Å². The number of aryl methyl sites for hydroxylation is 2. The minimum Gasteiger partial charge on any atom is -0.326 e. The van der Waals surface area contributed by atoms with E-state index in [-0.39, 0.29) is 0 Å². The van der Waals surface area contributed by atoms with Gasteiger partial charge in [0.15, 0.2) is 0 Å². The zero-order valence-corrected chi connectivity index (χ0v) is 12.4. The summed E-state index contributed by atoms with van der Waals surface area (Å²) in [4.78, 5) is 0. The van der Waals surface area contributed by atoms with E-state index in [0.29, 0.717) is 6.54 Å². The van der Waals surface area contributed by atoms with E-state index < -0.39 is 0 Å². The van der Waals surface area contributed by atoms with Crippen molar-refractivity contribution in [3.63, 3.8) is 0 Å². The maximum atomic E-state index is 5.81. The molecule has 2 N–H and O–H groups in total. The van der Waals surface area contributed by atoms with E-state index in [1.54, 1.807) is 0 Å². The van der Waals surface area contributed by atoms with Gasteiger partial charge in [-0.2, -0.15) is 5.10 Å². The molecule has 0 radical (unpaired) electrons. The lowest BCUT2D eigenvalue weighted by molar-refractivity contribution is 0.782. The molecule has 2 aromatic rings. The van der Waals surface area contributed by atoms with E-state index >= 15 is 0 Å². The smallest absolute Gasteiger partial charge is 0.0704 e. The molecule has 96 valence electrons. The van der Waals surface area contributed by atoms with E-state index in [1.807, 2.05) is 16.8 Å². The van der Waals surface area contributed by atoms with Gasteiger partial charge in [0.25, 0.3) is 0 Å². The van der Waals surface area contributed by atoms with Crippen molar-refractivity contribution in [2.45, 2.75) is 33.2 Å². The predicted molar refractivity (Wildman–Crippen MR) is 77.9 cm³/mol. The molecule has 0 amide bonds. The van der Waals surface area contributed by atoms with Crippen molar-refractivity contribution in [2.75, 3.05) is 0 Å². The number of nitrogens with two attached hydrogens (primary N) is 1. The fraction of sp³-hybridized carbons (Fsp3) is 0.357. The predicted octanol–water partition coefficient (Wildman–Crippen LogP) is 3.22. The third-order valence-corrected chi connectivity index (χ3v) is 3.55. The lowest BCUT2D eigenvalue weighted by Gasteiger charge is -2.11. The quantitative estimate of drug-likeness (QED) is 0.942. The first-order valence-corrected chi connectivity index (χ1v) is 7.05. The SMILES string of the molecule is CCc1cc(CC)n(-c2cc(Br)ccc2CN)n1. The van der Waals surface area contributed by atoms with Gasteiger partial charge in [-0.3, -0.25) is 0 Å². The molecule has 4 heteroatoms. The van der Waals surface area contributed by atoms with Gasteiger partial charge in [0.2, 0.25) is 0 Å². The molecule has 1 aromatic heterocycles. The van der Waals surface area contributed by atoms with Crippen molar-refractivity contribution in [1.29, 1.82) is 0 Å². The Labute approximate surface area is 116 Å². The summed E-state index contributed by atoms with van der Waals surface area (Å²) in [5.41, 5.74) is 10.3. The van der Waals surface area contributed by atoms with Gasteiger partial charge in [-0.15, -0.1) is 0 Å². The summed E-state index contributed by atoms with van der Waals surface area (Å²) < 4.78 is 3.07. The molecule has 0 saturated heterocycles. The second-order valence-electron chi connectivity index (χ2n) is 4.22. The van der Waals surface area contributed by atoms with Gasteiger partial charge in [-0.05, 0) is 36.6 Å². The fourth-order valence-corrected chi connectivity index (χ4v) is 2.36. The van der Waals surface area contributed by atoms with Crippen molar-refractivity contribution < 1.29 is 0 Å². The highest BCUT2D eigenvalue weighted by Crippen LogP contribution is 2.22. The average Bonchev–Trinajstić information content (AvgIpc) is 2.81. The van der Waals surface area contributed by atoms with Crippen LogP contribution in [-0.2, 0) is 19.4 Å². The Bertz CT molecular complexity index is 546. The number of aromatic nitrogens is 2. The number of benzene rings is 1. The van der Waals surface area contributed by atoms with E-state index in [2.05, 4.69) is 47.0 Å². The second kappa shape index (κ2) is 5.67. The Hall–Kier alpha value is -1.13. The van der Waals surface area contributed by atoms with E-state index in [9.17, 15) is 0 Å². The first kappa shape index (κ1) is 13.3. The molecule has 0 spiro atoms. The first-order valence-electron chi connectivity index (χ1n) is 6.26. The van der Waals surface area contributed by atoms with Crippen LogP contribution in [0.1, 0.15) is 30.8 Å². The molecule has 18 heavy (non-hydrogen) atoms. The van der Waals surface area contributed by atoms with Crippen molar-refractivity contribution >= 4 is 15.9 Å². The molecule has 0 bridgehead atoms. The summed E-state index contributed by atoms with van der Waals surface area (Å²) in [7, 11) is 0.